The molecule has 2 amide bonds. The molecular formula is C29H32F3N3O5. The summed E-state index contributed by atoms with van der Waals surface area (Å²) in [6, 6.07) is 12.1. The molecule has 2 N–H and O–H groups in total. The predicted molar refractivity (Wildman–Crippen MR) is 141 cm³/mol. The van der Waals surface area contributed by atoms with E-state index in [1.54, 1.807) is 29.2 Å². The van der Waals surface area contributed by atoms with Gasteiger partial charge in [0.2, 0.25) is 0 Å². The van der Waals surface area contributed by atoms with Gasteiger partial charge >= 0.3 is 12.3 Å². The lowest BCUT2D eigenvalue weighted by Crippen LogP contribution is -2.51. The van der Waals surface area contributed by atoms with Crippen molar-refractivity contribution < 1.29 is 37.4 Å². The van der Waals surface area contributed by atoms with Gasteiger partial charge in [-0.3, -0.25) is 19.4 Å². The monoisotopic (exact) mass is 559 g/mol. The molecule has 2 atom stereocenters. The Kier molecular flexibility index (Phi) is 8.51. The molecule has 2 aliphatic rings. The van der Waals surface area contributed by atoms with Crippen molar-refractivity contribution in [2.75, 3.05) is 13.1 Å². The summed E-state index contributed by atoms with van der Waals surface area (Å²) in [5.41, 5.74) is 1.25. The van der Waals surface area contributed by atoms with Crippen LogP contribution in [0.3, 0.4) is 0 Å². The molecule has 1 aliphatic heterocycles. The van der Waals surface area contributed by atoms with Crippen LogP contribution in [0.2, 0.25) is 0 Å². The lowest BCUT2D eigenvalue weighted by molar-refractivity contribution is -0.274. The molecule has 0 aromatic heterocycles. The Morgan fingerprint density at radius 3 is 2.27 bits per heavy atom. The predicted octanol–water partition coefficient (Wildman–Crippen LogP) is 4.82. The molecule has 4 rings (SSSR count). The number of aliphatic carboxylic acids is 1. The molecule has 2 aromatic carbocycles. The molecular weight excluding hydrogens is 527 g/mol. The molecule has 1 saturated carbocycles. The third kappa shape index (κ3) is 7.00. The number of benzene rings is 2. The lowest BCUT2D eigenvalue weighted by Gasteiger charge is -2.44. The molecule has 8 nitrogen and oxygen atoms in total. The maximum atomic E-state index is 13.7. The number of halogens is 3. The van der Waals surface area contributed by atoms with Gasteiger partial charge < -0.3 is 20.1 Å². The number of hydrogen-bond donors (Lipinski definition) is 2. The Morgan fingerprint density at radius 1 is 1.07 bits per heavy atom. The SMILES string of the molecule is CC1CC(C)CC2(C1)N=C(c1ccc(OC(F)(F)F)cc1)C(=O)N2CCc1ccc(C(=O)NCCC(=O)O)cc1. The van der Waals surface area contributed by atoms with Gasteiger partial charge in [-0.25, -0.2) is 0 Å². The van der Waals surface area contributed by atoms with Gasteiger partial charge in [0.05, 0.1) is 6.42 Å². The number of amides is 2. The Hall–Kier alpha value is -3.89. The van der Waals surface area contributed by atoms with E-state index in [9.17, 15) is 27.6 Å². The van der Waals surface area contributed by atoms with E-state index >= 15 is 0 Å². The van der Waals surface area contributed by atoms with Crippen molar-refractivity contribution in [3.05, 3.63) is 65.2 Å². The number of carboxylic acid groups (broad SMARTS) is 1. The van der Waals surface area contributed by atoms with E-state index in [2.05, 4.69) is 23.9 Å². The van der Waals surface area contributed by atoms with Crippen LogP contribution >= 0.6 is 0 Å². The van der Waals surface area contributed by atoms with Crippen LogP contribution in [0.15, 0.2) is 53.5 Å². The minimum Gasteiger partial charge on any atom is -0.481 e. The first-order chi connectivity index (χ1) is 18.8. The minimum atomic E-state index is -4.81. The first-order valence-electron chi connectivity index (χ1n) is 13.2. The van der Waals surface area contributed by atoms with Gasteiger partial charge in [-0.15, -0.1) is 13.2 Å². The largest absolute Gasteiger partial charge is 0.573 e. The molecule has 1 spiro atoms. The fourth-order valence-corrected chi connectivity index (χ4v) is 5.76. The van der Waals surface area contributed by atoms with Crippen LogP contribution in [-0.2, 0) is 16.0 Å². The fraction of sp³-hybridized carbons (Fsp3) is 0.448. The molecule has 1 aliphatic carbocycles. The highest BCUT2D eigenvalue weighted by Crippen LogP contribution is 2.44. The van der Waals surface area contributed by atoms with Crippen molar-refractivity contribution in [2.24, 2.45) is 16.8 Å². The summed E-state index contributed by atoms with van der Waals surface area (Å²) in [6.07, 6.45) is -2.05. The molecule has 0 bridgehead atoms. The molecule has 0 radical (unpaired) electrons. The van der Waals surface area contributed by atoms with Gasteiger partial charge in [-0.2, -0.15) is 0 Å². The van der Waals surface area contributed by atoms with Crippen molar-refractivity contribution in [1.29, 1.82) is 0 Å². The van der Waals surface area contributed by atoms with E-state index in [1.165, 1.54) is 24.3 Å². The Labute approximate surface area is 230 Å². The lowest BCUT2D eigenvalue weighted by atomic mass is 9.76. The summed E-state index contributed by atoms with van der Waals surface area (Å²) in [7, 11) is 0. The highest BCUT2D eigenvalue weighted by Gasteiger charge is 2.50. The van der Waals surface area contributed by atoms with Crippen LogP contribution in [0.4, 0.5) is 13.2 Å². The number of alkyl halides is 3. The molecule has 11 heteroatoms. The summed E-state index contributed by atoms with van der Waals surface area (Å²) in [5.74, 6) is -1.32. The molecule has 0 saturated heterocycles. The quantitative estimate of drug-likeness (QED) is 0.458. The number of nitrogens with one attached hydrogen (secondary N) is 1. The average Bonchev–Trinajstić information content (AvgIpc) is 3.11. The second-order valence-electron chi connectivity index (χ2n) is 10.7. The number of aliphatic imine (C=N–C) groups is 1. The fourth-order valence-electron chi connectivity index (χ4n) is 5.76. The van der Waals surface area contributed by atoms with Crippen molar-refractivity contribution in [2.45, 2.75) is 58.0 Å². The maximum Gasteiger partial charge on any atom is 0.573 e. The van der Waals surface area contributed by atoms with Crippen LogP contribution in [0, 0.1) is 11.8 Å². The second kappa shape index (κ2) is 11.7. The van der Waals surface area contributed by atoms with E-state index in [-0.39, 0.29) is 36.2 Å². The number of carbonyl (C=O) groups excluding carboxylic acids is 2. The third-order valence-electron chi connectivity index (χ3n) is 7.25. The Morgan fingerprint density at radius 2 is 1.70 bits per heavy atom. The van der Waals surface area contributed by atoms with Gasteiger partial charge in [0.15, 0.2) is 0 Å². The zero-order valence-corrected chi connectivity index (χ0v) is 22.3. The van der Waals surface area contributed by atoms with Crippen LogP contribution in [0.5, 0.6) is 5.75 Å². The van der Waals surface area contributed by atoms with Gasteiger partial charge in [0.25, 0.3) is 11.8 Å². The van der Waals surface area contributed by atoms with Crippen LogP contribution in [-0.4, -0.2) is 58.6 Å². The zero-order valence-electron chi connectivity index (χ0n) is 22.3. The third-order valence-corrected chi connectivity index (χ3v) is 7.25. The standard InChI is InChI=1S/C29H32F3N3O5/c1-18-15-19(2)17-28(16-18)34-25(21-7-9-23(10-8-21)40-29(30,31)32)27(39)35(28)14-12-20-3-5-22(6-4-20)26(38)33-13-11-24(36)37/h3-10,18-19H,11-17H2,1-2H3,(H,33,38)(H,36,37). The molecule has 1 fully saturated rings. The molecule has 40 heavy (non-hydrogen) atoms. The topological polar surface area (TPSA) is 108 Å². The Balaban J connectivity index is 1.50. The van der Waals surface area contributed by atoms with Gasteiger partial charge in [0.1, 0.15) is 17.1 Å². The van der Waals surface area contributed by atoms with E-state index in [0.717, 1.165) is 12.0 Å². The number of rotatable bonds is 9. The molecule has 2 unspecified atom stereocenters. The van der Waals surface area contributed by atoms with E-state index < -0.39 is 18.0 Å². The highest BCUT2D eigenvalue weighted by molar-refractivity contribution is 6.46. The van der Waals surface area contributed by atoms with E-state index in [0.29, 0.717) is 48.8 Å². The number of carboxylic acids is 1. The van der Waals surface area contributed by atoms with Crippen molar-refractivity contribution in [3.8, 4) is 5.75 Å². The summed E-state index contributed by atoms with van der Waals surface area (Å²) in [5, 5.41) is 11.3. The molecule has 1 heterocycles. The number of hydrogen-bond acceptors (Lipinski definition) is 5. The van der Waals surface area contributed by atoms with E-state index in [1.807, 2.05) is 0 Å². The number of ether oxygens (including phenoxy) is 1. The van der Waals surface area contributed by atoms with Gasteiger partial charge in [-0.1, -0.05) is 26.0 Å². The summed E-state index contributed by atoms with van der Waals surface area (Å²) < 4.78 is 41.7. The van der Waals surface area contributed by atoms with Crippen molar-refractivity contribution in [1.82, 2.24) is 10.2 Å². The van der Waals surface area contributed by atoms with Crippen molar-refractivity contribution in [3.63, 3.8) is 0 Å². The molecule has 2 aromatic rings. The smallest absolute Gasteiger partial charge is 0.481 e. The number of carbonyl (C=O) groups is 3. The first kappa shape index (κ1) is 29.1. The average molecular weight is 560 g/mol. The Bertz CT molecular complexity index is 1270. The van der Waals surface area contributed by atoms with Crippen LogP contribution in [0.1, 0.15) is 61.0 Å². The zero-order chi connectivity index (χ0) is 29.1. The second-order valence-corrected chi connectivity index (χ2v) is 10.7. The first-order valence-corrected chi connectivity index (χ1v) is 13.2. The minimum absolute atomic E-state index is 0.0341. The van der Waals surface area contributed by atoms with Crippen molar-refractivity contribution >= 4 is 23.5 Å². The summed E-state index contributed by atoms with van der Waals surface area (Å²) in [4.78, 5) is 43.3. The summed E-state index contributed by atoms with van der Waals surface area (Å²) in [6.45, 7) is 4.69. The summed E-state index contributed by atoms with van der Waals surface area (Å²) >= 11 is 0. The van der Waals surface area contributed by atoms with Gasteiger partial charge in [0, 0.05) is 24.2 Å². The van der Waals surface area contributed by atoms with E-state index in [4.69, 9.17) is 10.1 Å². The van der Waals surface area contributed by atoms with Gasteiger partial charge in [-0.05, 0) is 79.5 Å². The number of nitrogens with zero attached hydrogens (tertiary/aromatic N) is 2. The highest BCUT2D eigenvalue weighted by atomic mass is 19.4. The maximum absolute atomic E-state index is 13.7. The van der Waals surface area contributed by atoms with Crippen LogP contribution < -0.4 is 10.1 Å². The molecule has 214 valence electrons. The van der Waals surface area contributed by atoms with Crippen LogP contribution in [0.25, 0.3) is 0 Å². The normalized spacial score (nSPS) is 22.8.